The van der Waals surface area contributed by atoms with Gasteiger partial charge in [0, 0.05) is 6.42 Å². The van der Waals surface area contributed by atoms with E-state index in [4.69, 9.17) is 23.2 Å². The maximum absolute atomic E-state index is 12.8. The van der Waals surface area contributed by atoms with Gasteiger partial charge in [0.05, 0.1) is 33.1 Å². The van der Waals surface area contributed by atoms with Crippen LogP contribution in [0.25, 0.3) is 0 Å². The first kappa shape index (κ1) is 17.2. The van der Waals surface area contributed by atoms with Crippen molar-refractivity contribution in [1.29, 1.82) is 0 Å². The number of carbonyl (C=O) groups is 1. The lowest BCUT2D eigenvalue weighted by atomic mass is 9.99. The van der Waals surface area contributed by atoms with Crippen LogP contribution in [0.1, 0.15) is 46.4 Å². The molecule has 2 aliphatic heterocycles. The van der Waals surface area contributed by atoms with Crippen LogP contribution in [0.5, 0.6) is 0 Å². The minimum absolute atomic E-state index is 0.00433. The Hall–Kier alpha value is -1.27. The molecule has 4 rings (SSSR count). The predicted molar refractivity (Wildman–Crippen MR) is 103 cm³/mol. The first-order valence-electron chi connectivity index (χ1n) is 8.45. The van der Waals surface area contributed by atoms with Crippen LogP contribution < -0.4 is 15.5 Å². The van der Waals surface area contributed by atoms with Crippen LogP contribution in [-0.2, 0) is 13.0 Å². The van der Waals surface area contributed by atoms with Gasteiger partial charge in [-0.1, -0.05) is 29.3 Å². The highest BCUT2D eigenvalue weighted by Crippen LogP contribution is 2.39. The van der Waals surface area contributed by atoms with Gasteiger partial charge in [0.25, 0.3) is 5.91 Å². The van der Waals surface area contributed by atoms with Crippen LogP contribution in [0.15, 0.2) is 18.2 Å². The summed E-state index contributed by atoms with van der Waals surface area (Å²) in [7, 11) is 0. The van der Waals surface area contributed by atoms with E-state index in [9.17, 15) is 4.79 Å². The monoisotopic (exact) mass is 396 g/mol. The van der Waals surface area contributed by atoms with E-state index in [1.54, 1.807) is 28.4 Å². The fourth-order valence-corrected chi connectivity index (χ4v) is 5.20. The maximum Gasteiger partial charge on any atom is 0.256 e. The molecule has 4 nitrogen and oxygen atoms in total. The molecular weight excluding hydrogens is 377 g/mol. The molecule has 0 spiro atoms. The minimum atomic E-state index is -0.289. The summed E-state index contributed by atoms with van der Waals surface area (Å²) in [5.74, 6) is -0.00433. The summed E-state index contributed by atoms with van der Waals surface area (Å²) in [6.07, 6.45) is 0.671. The second kappa shape index (κ2) is 6.47. The van der Waals surface area contributed by atoms with E-state index in [0.29, 0.717) is 16.1 Å². The number of benzene rings is 1. The van der Waals surface area contributed by atoms with Gasteiger partial charge in [-0.15, -0.1) is 11.3 Å². The molecule has 2 aromatic rings. The summed E-state index contributed by atoms with van der Waals surface area (Å²) in [6.45, 7) is 6.58. The molecule has 0 aliphatic carbocycles. The van der Waals surface area contributed by atoms with Crippen molar-refractivity contribution >= 4 is 45.4 Å². The number of fused-ring (bicyclic) bond motifs is 3. The van der Waals surface area contributed by atoms with Gasteiger partial charge < -0.3 is 15.5 Å². The number of amides is 1. The maximum atomic E-state index is 12.8. The van der Waals surface area contributed by atoms with Gasteiger partial charge in [0.15, 0.2) is 0 Å². The van der Waals surface area contributed by atoms with Crippen LogP contribution in [-0.4, -0.2) is 18.5 Å². The number of hydrogen-bond donors (Lipinski definition) is 3. The molecule has 0 bridgehead atoms. The SMILES string of the molecule is CC(C)[NH+]1CCc2c(sc3c2C(=O)N[C@@H](c2ccc(Cl)c(Cl)c2)N3)C1. The number of anilines is 1. The largest absolute Gasteiger partial charge is 0.353 e. The zero-order valence-corrected chi connectivity index (χ0v) is 16.4. The highest BCUT2D eigenvalue weighted by atomic mass is 35.5. The van der Waals surface area contributed by atoms with E-state index in [0.717, 1.165) is 35.6 Å². The van der Waals surface area contributed by atoms with Crippen LogP contribution in [0.3, 0.4) is 0 Å². The van der Waals surface area contributed by atoms with Gasteiger partial charge in [-0.05, 0) is 37.1 Å². The second-order valence-corrected chi connectivity index (χ2v) is 8.84. The van der Waals surface area contributed by atoms with Crippen molar-refractivity contribution in [2.45, 2.75) is 39.0 Å². The van der Waals surface area contributed by atoms with Gasteiger partial charge in [-0.2, -0.15) is 0 Å². The molecule has 25 heavy (non-hydrogen) atoms. The van der Waals surface area contributed by atoms with Gasteiger partial charge in [0.1, 0.15) is 17.7 Å². The number of halogens is 2. The normalized spacial score (nSPS) is 22.2. The fraction of sp³-hybridized carbons (Fsp3) is 0.389. The molecule has 0 fully saturated rings. The first-order chi connectivity index (χ1) is 11.9. The highest BCUT2D eigenvalue weighted by Gasteiger charge is 2.35. The predicted octanol–water partition coefficient (Wildman–Crippen LogP) is 3.26. The van der Waals surface area contributed by atoms with E-state index < -0.39 is 0 Å². The Morgan fingerprint density at radius 2 is 2.04 bits per heavy atom. The molecular formula is C18H20Cl2N3OS+. The van der Waals surface area contributed by atoms with E-state index >= 15 is 0 Å². The molecule has 3 heterocycles. The van der Waals surface area contributed by atoms with Gasteiger partial charge in [-0.3, -0.25) is 4.79 Å². The van der Waals surface area contributed by atoms with Gasteiger partial charge >= 0.3 is 0 Å². The van der Waals surface area contributed by atoms with Crippen LogP contribution in [0, 0.1) is 0 Å². The molecule has 2 aliphatic rings. The van der Waals surface area contributed by atoms with Crippen molar-refractivity contribution in [3.05, 3.63) is 49.8 Å². The Kier molecular flexibility index (Phi) is 4.44. The van der Waals surface area contributed by atoms with Crippen molar-refractivity contribution in [3.8, 4) is 0 Å². The molecule has 0 saturated carbocycles. The van der Waals surface area contributed by atoms with Crippen molar-refractivity contribution < 1.29 is 9.69 Å². The number of nitrogens with one attached hydrogen (secondary N) is 3. The number of thiophene rings is 1. The molecule has 0 radical (unpaired) electrons. The lowest BCUT2D eigenvalue weighted by Gasteiger charge is -2.28. The van der Waals surface area contributed by atoms with E-state index in [-0.39, 0.29) is 12.1 Å². The summed E-state index contributed by atoms with van der Waals surface area (Å²) < 4.78 is 0. The Bertz CT molecular complexity index is 849. The zero-order valence-electron chi connectivity index (χ0n) is 14.1. The van der Waals surface area contributed by atoms with Crippen molar-refractivity contribution in [2.24, 2.45) is 0 Å². The highest BCUT2D eigenvalue weighted by molar-refractivity contribution is 7.16. The zero-order chi connectivity index (χ0) is 17.7. The lowest BCUT2D eigenvalue weighted by Crippen LogP contribution is -3.14. The lowest BCUT2D eigenvalue weighted by molar-refractivity contribution is -0.936. The first-order valence-corrected chi connectivity index (χ1v) is 10.0. The molecule has 7 heteroatoms. The van der Waals surface area contributed by atoms with Crippen LogP contribution >= 0.6 is 34.5 Å². The Morgan fingerprint density at radius 3 is 2.76 bits per heavy atom. The summed E-state index contributed by atoms with van der Waals surface area (Å²) >= 11 is 13.8. The molecule has 0 saturated heterocycles. The van der Waals surface area contributed by atoms with E-state index in [1.165, 1.54) is 10.4 Å². The van der Waals surface area contributed by atoms with E-state index in [1.807, 2.05) is 6.07 Å². The quantitative estimate of drug-likeness (QED) is 0.729. The van der Waals surface area contributed by atoms with Gasteiger partial charge in [0.2, 0.25) is 0 Å². The smallest absolute Gasteiger partial charge is 0.256 e. The van der Waals surface area contributed by atoms with Crippen LogP contribution in [0.2, 0.25) is 10.0 Å². The molecule has 3 N–H and O–H groups in total. The van der Waals surface area contributed by atoms with Crippen LogP contribution in [0.4, 0.5) is 5.00 Å². The van der Waals surface area contributed by atoms with Crippen molar-refractivity contribution in [2.75, 3.05) is 11.9 Å². The molecule has 132 valence electrons. The summed E-state index contributed by atoms with van der Waals surface area (Å²) in [5.41, 5.74) is 2.95. The number of rotatable bonds is 2. The average molecular weight is 397 g/mol. The summed E-state index contributed by atoms with van der Waals surface area (Å²) in [5, 5.41) is 8.49. The van der Waals surface area contributed by atoms with Gasteiger partial charge in [-0.25, -0.2) is 0 Å². The number of carbonyl (C=O) groups excluding carboxylic acids is 1. The van der Waals surface area contributed by atoms with Crippen molar-refractivity contribution in [1.82, 2.24) is 5.32 Å². The molecule has 1 amide bonds. The standard InChI is InChI=1S/C18H19Cl2N3OS/c1-9(2)23-6-5-11-14(8-23)25-18-15(11)17(24)21-16(22-18)10-3-4-12(19)13(20)7-10/h3-4,7,9,16,22H,5-6,8H2,1-2H3,(H,21,24)/p+1/t16-/m1/s1. The second-order valence-electron chi connectivity index (χ2n) is 6.92. The third-order valence-electron chi connectivity index (χ3n) is 5.05. The summed E-state index contributed by atoms with van der Waals surface area (Å²) in [4.78, 5) is 15.7. The molecule has 2 atom stereocenters. The average Bonchev–Trinajstić information content (AvgIpc) is 2.95. The Labute approximate surface area is 161 Å². The molecule has 1 aromatic heterocycles. The van der Waals surface area contributed by atoms with E-state index in [2.05, 4.69) is 24.5 Å². The summed E-state index contributed by atoms with van der Waals surface area (Å²) in [6, 6.07) is 6.03. The Balaban J connectivity index is 1.65. The number of hydrogen-bond acceptors (Lipinski definition) is 3. The van der Waals surface area contributed by atoms with Crippen molar-refractivity contribution in [3.63, 3.8) is 0 Å². The topological polar surface area (TPSA) is 45.6 Å². The number of quaternary nitrogens is 1. The third-order valence-corrected chi connectivity index (χ3v) is 6.95. The third kappa shape index (κ3) is 3.04. The Morgan fingerprint density at radius 1 is 1.24 bits per heavy atom. The molecule has 1 unspecified atom stereocenters. The fourth-order valence-electron chi connectivity index (χ4n) is 3.56. The minimum Gasteiger partial charge on any atom is -0.353 e. The molecule has 1 aromatic carbocycles.